The van der Waals surface area contributed by atoms with Crippen LogP contribution in [0.5, 0.6) is 0 Å². The molecule has 0 aromatic heterocycles. The first-order valence-corrected chi connectivity index (χ1v) is 5.59. The van der Waals surface area contributed by atoms with Gasteiger partial charge in [-0.05, 0) is 23.1 Å². The van der Waals surface area contributed by atoms with Crippen molar-refractivity contribution in [3.8, 4) is 0 Å². The van der Waals surface area contributed by atoms with E-state index >= 15 is 0 Å². The third kappa shape index (κ3) is 1.65. The van der Waals surface area contributed by atoms with E-state index in [9.17, 15) is 0 Å². The lowest BCUT2D eigenvalue weighted by atomic mass is 9.94. The Morgan fingerprint density at radius 1 is 0.875 bits per heavy atom. The molecule has 0 aliphatic carbocycles. The highest BCUT2D eigenvalue weighted by molar-refractivity contribution is 5.83. The SMILES string of the molecule is C1=NC(c2ccccc2)Cc2ccccc21. The van der Waals surface area contributed by atoms with E-state index in [1.165, 1.54) is 16.7 Å². The molecular formula is C15H13N. The highest BCUT2D eigenvalue weighted by atomic mass is 14.8. The van der Waals surface area contributed by atoms with Gasteiger partial charge >= 0.3 is 0 Å². The molecule has 0 saturated heterocycles. The van der Waals surface area contributed by atoms with Crippen LogP contribution in [0.15, 0.2) is 59.6 Å². The Bertz CT molecular complexity index is 514. The summed E-state index contributed by atoms with van der Waals surface area (Å²) in [5.74, 6) is 0. The van der Waals surface area contributed by atoms with Gasteiger partial charge in [0.1, 0.15) is 0 Å². The van der Waals surface area contributed by atoms with Gasteiger partial charge in [-0.2, -0.15) is 0 Å². The number of rotatable bonds is 1. The van der Waals surface area contributed by atoms with Crippen molar-refractivity contribution in [3.63, 3.8) is 0 Å². The fourth-order valence-electron chi connectivity index (χ4n) is 2.16. The van der Waals surface area contributed by atoms with E-state index in [1.54, 1.807) is 0 Å². The van der Waals surface area contributed by atoms with Gasteiger partial charge in [0.05, 0.1) is 6.04 Å². The first kappa shape index (κ1) is 9.34. The van der Waals surface area contributed by atoms with Crippen LogP contribution in [0.25, 0.3) is 0 Å². The zero-order valence-electron chi connectivity index (χ0n) is 9.01. The van der Waals surface area contributed by atoms with Crippen LogP contribution >= 0.6 is 0 Å². The van der Waals surface area contributed by atoms with Crippen molar-refractivity contribution in [1.82, 2.24) is 0 Å². The molecule has 2 aromatic rings. The van der Waals surface area contributed by atoms with E-state index in [0.717, 1.165) is 6.42 Å². The molecule has 0 amide bonds. The van der Waals surface area contributed by atoms with Crippen molar-refractivity contribution in [2.45, 2.75) is 12.5 Å². The zero-order chi connectivity index (χ0) is 10.8. The van der Waals surface area contributed by atoms with Crippen LogP contribution in [-0.4, -0.2) is 6.21 Å². The molecule has 0 saturated carbocycles. The average molecular weight is 207 g/mol. The van der Waals surface area contributed by atoms with E-state index in [4.69, 9.17) is 0 Å². The standard InChI is InChI=1S/C15H13N/c1-2-6-12(7-3-1)15-10-13-8-4-5-9-14(13)11-16-15/h1-9,11,15H,10H2. The van der Waals surface area contributed by atoms with Gasteiger partial charge in [-0.1, -0.05) is 54.6 Å². The van der Waals surface area contributed by atoms with Crippen molar-refractivity contribution < 1.29 is 0 Å². The summed E-state index contributed by atoms with van der Waals surface area (Å²) in [5.41, 5.74) is 3.95. The van der Waals surface area contributed by atoms with Crippen LogP contribution in [-0.2, 0) is 6.42 Å². The molecule has 1 heteroatoms. The quantitative estimate of drug-likeness (QED) is 0.679. The number of hydrogen-bond acceptors (Lipinski definition) is 1. The summed E-state index contributed by atoms with van der Waals surface area (Å²) < 4.78 is 0. The summed E-state index contributed by atoms with van der Waals surface area (Å²) in [7, 11) is 0. The van der Waals surface area contributed by atoms with E-state index < -0.39 is 0 Å². The van der Waals surface area contributed by atoms with E-state index in [-0.39, 0.29) is 6.04 Å². The summed E-state index contributed by atoms with van der Waals surface area (Å²) in [5, 5.41) is 0. The van der Waals surface area contributed by atoms with Crippen molar-refractivity contribution in [2.24, 2.45) is 4.99 Å². The third-order valence-electron chi connectivity index (χ3n) is 3.05. The number of aliphatic imine (C=N–C) groups is 1. The van der Waals surface area contributed by atoms with Crippen molar-refractivity contribution in [2.75, 3.05) is 0 Å². The second-order valence-electron chi connectivity index (χ2n) is 4.11. The summed E-state index contributed by atoms with van der Waals surface area (Å²) in [6, 6.07) is 19.3. The van der Waals surface area contributed by atoms with Gasteiger partial charge in [-0.25, -0.2) is 0 Å². The van der Waals surface area contributed by atoms with E-state index in [1.807, 2.05) is 12.3 Å². The predicted molar refractivity (Wildman–Crippen MR) is 66.9 cm³/mol. The molecule has 1 aliphatic rings. The van der Waals surface area contributed by atoms with Crippen LogP contribution in [0, 0.1) is 0 Å². The molecule has 0 bridgehead atoms. The van der Waals surface area contributed by atoms with Crippen LogP contribution in [0.2, 0.25) is 0 Å². The van der Waals surface area contributed by atoms with Crippen molar-refractivity contribution in [1.29, 1.82) is 0 Å². The Morgan fingerprint density at radius 3 is 2.50 bits per heavy atom. The number of nitrogens with zero attached hydrogens (tertiary/aromatic N) is 1. The van der Waals surface area contributed by atoms with Gasteiger partial charge in [0.25, 0.3) is 0 Å². The second kappa shape index (κ2) is 3.93. The minimum Gasteiger partial charge on any atom is -0.284 e. The smallest absolute Gasteiger partial charge is 0.0789 e. The maximum absolute atomic E-state index is 4.62. The predicted octanol–water partition coefficient (Wildman–Crippen LogP) is 3.40. The largest absolute Gasteiger partial charge is 0.284 e. The number of hydrogen-bond donors (Lipinski definition) is 0. The fourth-order valence-corrected chi connectivity index (χ4v) is 2.16. The topological polar surface area (TPSA) is 12.4 Å². The number of fused-ring (bicyclic) bond motifs is 1. The van der Waals surface area contributed by atoms with Crippen molar-refractivity contribution in [3.05, 3.63) is 71.3 Å². The monoisotopic (exact) mass is 207 g/mol. The molecule has 0 radical (unpaired) electrons. The lowest BCUT2D eigenvalue weighted by molar-refractivity contribution is 0.717. The molecule has 78 valence electrons. The van der Waals surface area contributed by atoms with Gasteiger partial charge in [0, 0.05) is 6.21 Å². The van der Waals surface area contributed by atoms with Crippen LogP contribution in [0.3, 0.4) is 0 Å². The Balaban J connectivity index is 1.95. The molecule has 0 fully saturated rings. The van der Waals surface area contributed by atoms with Crippen LogP contribution in [0.4, 0.5) is 0 Å². The summed E-state index contributed by atoms with van der Waals surface area (Å²) >= 11 is 0. The maximum Gasteiger partial charge on any atom is 0.0789 e. The van der Waals surface area contributed by atoms with Gasteiger partial charge in [0.15, 0.2) is 0 Å². The van der Waals surface area contributed by atoms with Gasteiger partial charge in [-0.3, -0.25) is 4.99 Å². The van der Waals surface area contributed by atoms with Gasteiger partial charge in [-0.15, -0.1) is 0 Å². The summed E-state index contributed by atoms with van der Waals surface area (Å²) in [6.07, 6.45) is 3.01. The molecule has 3 rings (SSSR count). The Hall–Kier alpha value is -1.89. The van der Waals surface area contributed by atoms with E-state index in [2.05, 4.69) is 53.5 Å². The first-order chi connectivity index (χ1) is 7.93. The fraction of sp³-hybridized carbons (Fsp3) is 0.133. The lowest BCUT2D eigenvalue weighted by Crippen LogP contribution is -2.08. The molecular weight excluding hydrogens is 194 g/mol. The third-order valence-corrected chi connectivity index (χ3v) is 3.05. The molecule has 1 unspecified atom stereocenters. The summed E-state index contributed by atoms with van der Waals surface area (Å²) in [4.78, 5) is 4.62. The highest BCUT2D eigenvalue weighted by Gasteiger charge is 2.15. The highest BCUT2D eigenvalue weighted by Crippen LogP contribution is 2.26. The Morgan fingerprint density at radius 2 is 1.62 bits per heavy atom. The molecule has 1 nitrogen and oxygen atoms in total. The molecule has 0 N–H and O–H groups in total. The first-order valence-electron chi connectivity index (χ1n) is 5.59. The second-order valence-corrected chi connectivity index (χ2v) is 4.11. The summed E-state index contributed by atoms with van der Waals surface area (Å²) in [6.45, 7) is 0. The van der Waals surface area contributed by atoms with Crippen molar-refractivity contribution >= 4 is 6.21 Å². The molecule has 16 heavy (non-hydrogen) atoms. The molecule has 0 spiro atoms. The minimum atomic E-state index is 0.288. The van der Waals surface area contributed by atoms with Crippen LogP contribution < -0.4 is 0 Å². The Kier molecular flexibility index (Phi) is 2.30. The molecule has 1 heterocycles. The Labute approximate surface area is 95.5 Å². The van der Waals surface area contributed by atoms with Crippen LogP contribution in [0.1, 0.15) is 22.7 Å². The lowest BCUT2D eigenvalue weighted by Gasteiger charge is -2.18. The maximum atomic E-state index is 4.62. The number of benzene rings is 2. The molecule has 1 aliphatic heterocycles. The normalized spacial score (nSPS) is 18.1. The van der Waals surface area contributed by atoms with E-state index in [0.29, 0.717) is 0 Å². The van der Waals surface area contributed by atoms with Gasteiger partial charge < -0.3 is 0 Å². The van der Waals surface area contributed by atoms with Gasteiger partial charge in [0.2, 0.25) is 0 Å². The molecule has 2 aromatic carbocycles. The molecule has 1 atom stereocenters. The average Bonchev–Trinajstić information content (AvgIpc) is 2.39. The minimum absolute atomic E-state index is 0.288. The zero-order valence-corrected chi connectivity index (χ0v) is 9.01.